The molecular formula is C20H33F3O7SSi. The Bertz CT molecular complexity index is 829. The van der Waals surface area contributed by atoms with Gasteiger partial charge in [-0.2, -0.15) is 21.6 Å². The van der Waals surface area contributed by atoms with E-state index >= 15 is 0 Å². The molecule has 1 saturated carbocycles. The first-order chi connectivity index (χ1) is 14.5. The maximum absolute atomic E-state index is 12.9. The lowest BCUT2D eigenvalue weighted by Gasteiger charge is -2.44. The van der Waals surface area contributed by atoms with E-state index in [1.807, 2.05) is 33.9 Å². The normalized spacial score (nSPS) is 31.0. The van der Waals surface area contributed by atoms with Crippen molar-refractivity contribution in [2.45, 2.75) is 107 Å². The van der Waals surface area contributed by atoms with Gasteiger partial charge < -0.3 is 22.8 Å². The van der Waals surface area contributed by atoms with Gasteiger partial charge >= 0.3 is 15.6 Å². The Kier molecular flexibility index (Phi) is 6.91. The fraction of sp³-hybridized carbons (Fsp3) is 0.900. The van der Waals surface area contributed by atoms with Gasteiger partial charge in [-0.1, -0.05) is 27.2 Å². The van der Waals surface area contributed by atoms with Crippen molar-refractivity contribution in [3.8, 4) is 0 Å². The molecule has 0 amide bonds. The molecule has 32 heavy (non-hydrogen) atoms. The van der Waals surface area contributed by atoms with E-state index in [1.54, 1.807) is 7.11 Å². The van der Waals surface area contributed by atoms with Crippen LogP contribution in [0.15, 0.2) is 11.8 Å². The summed E-state index contributed by atoms with van der Waals surface area (Å²) in [4.78, 5) is 0. The van der Waals surface area contributed by atoms with Crippen molar-refractivity contribution in [2.75, 3.05) is 7.11 Å². The van der Waals surface area contributed by atoms with Gasteiger partial charge in [0, 0.05) is 20.0 Å². The average molecular weight is 503 g/mol. The molecule has 2 fully saturated rings. The van der Waals surface area contributed by atoms with Gasteiger partial charge in [0.15, 0.2) is 14.1 Å². The van der Waals surface area contributed by atoms with E-state index in [1.165, 1.54) is 6.08 Å². The fourth-order valence-electron chi connectivity index (χ4n) is 3.85. The van der Waals surface area contributed by atoms with Crippen LogP contribution in [0.5, 0.6) is 0 Å². The fourth-order valence-corrected chi connectivity index (χ4v) is 5.59. The first-order valence-electron chi connectivity index (χ1n) is 10.8. The van der Waals surface area contributed by atoms with Crippen LogP contribution < -0.4 is 0 Å². The minimum Gasteiger partial charge on any atom is -0.408 e. The smallest absolute Gasteiger partial charge is 0.408 e. The van der Waals surface area contributed by atoms with E-state index in [0.29, 0.717) is 12.8 Å². The third-order valence-electron chi connectivity index (χ3n) is 6.85. The van der Waals surface area contributed by atoms with Gasteiger partial charge in [0.25, 0.3) is 0 Å². The van der Waals surface area contributed by atoms with Gasteiger partial charge in [0.2, 0.25) is 0 Å². The van der Waals surface area contributed by atoms with Crippen molar-refractivity contribution in [1.82, 2.24) is 0 Å². The highest BCUT2D eigenvalue weighted by Crippen LogP contribution is 2.47. The first-order valence-corrected chi connectivity index (χ1v) is 15.1. The minimum absolute atomic E-state index is 0.199. The molecule has 12 heteroatoms. The van der Waals surface area contributed by atoms with Crippen LogP contribution in [0.25, 0.3) is 0 Å². The zero-order valence-electron chi connectivity index (χ0n) is 19.3. The van der Waals surface area contributed by atoms with Crippen LogP contribution in [-0.4, -0.2) is 59.6 Å². The maximum atomic E-state index is 12.9. The van der Waals surface area contributed by atoms with Crippen LogP contribution in [0.3, 0.4) is 0 Å². The average Bonchev–Trinajstić information content (AvgIpc) is 3.44. The minimum atomic E-state index is -5.82. The molecule has 3 aliphatic rings. The largest absolute Gasteiger partial charge is 0.534 e. The molecule has 7 nitrogen and oxygen atoms in total. The number of rotatable bonds is 7. The Balaban J connectivity index is 1.92. The van der Waals surface area contributed by atoms with Crippen molar-refractivity contribution < 1.29 is 44.4 Å². The van der Waals surface area contributed by atoms with Gasteiger partial charge in [-0.25, -0.2) is 0 Å². The lowest BCUT2D eigenvalue weighted by Crippen LogP contribution is -2.53. The summed E-state index contributed by atoms with van der Waals surface area (Å²) in [5.41, 5.74) is -5.54. The molecule has 1 saturated heterocycles. The molecule has 0 unspecified atom stereocenters. The zero-order valence-corrected chi connectivity index (χ0v) is 21.1. The van der Waals surface area contributed by atoms with Crippen LogP contribution in [-0.2, 0) is 32.9 Å². The van der Waals surface area contributed by atoms with Gasteiger partial charge in [-0.05, 0) is 37.0 Å². The molecule has 0 aromatic heterocycles. The molecule has 0 radical (unpaired) electrons. The second-order valence-corrected chi connectivity index (χ2v) is 16.5. The Hall–Kier alpha value is -0.663. The standard InChI is InChI=1S/C20H33F3O7SSi/c1-18(2,3)32(5,6)30-14-12-13(29-31(24,25)20(21,22)23)15-17(27-15)16(14)28-19(26-4)10-8-7-9-11-19/h12,14-17H,7-11H2,1-6H3/t14-,15+,16+,17+/m0/s1. The molecular weight excluding hydrogens is 469 g/mol. The number of ether oxygens (including phenoxy) is 3. The molecule has 2 aliphatic carbocycles. The van der Waals surface area contributed by atoms with Crippen LogP contribution in [0, 0.1) is 0 Å². The highest BCUT2D eigenvalue weighted by molar-refractivity contribution is 7.87. The number of hydrogen-bond donors (Lipinski definition) is 0. The highest BCUT2D eigenvalue weighted by Gasteiger charge is 2.60. The van der Waals surface area contributed by atoms with Crippen molar-refractivity contribution in [3.63, 3.8) is 0 Å². The van der Waals surface area contributed by atoms with Gasteiger partial charge in [0.1, 0.15) is 24.1 Å². The third-order valence-corrected chi connectivity index (χ3v) is 12.3. The summed E-state index contributed by atoms with van der Waals surface area (Å²) in [6, 6.07) is 0. The number of alkyl halides is 3. The summed E-state index contributed by atoms with van der Waals surface area (Å²) in [6.45, 7) is 10.1. The van der Waals surface area contributed by atoms with Crippen molar-refractivity contribution in [2.24, 2.45) is 0 Å². The summed E-state index contributed by atoms with van der Waals surface area (Å²) in [5.74, 6) is -1.25. The first kappa shape index (κ1) is 26.0. The van der Waals surface area contributed by atoms with Gasteiger partial charge in [-0.15, -0.1) is 0 Å². The Morgan fingerprint density at radius 1 is 1.12 bits per heavy atom. The highest BCUT2D eigenvalue weighted by atomic mass is 32.2. The van der Waals surface area contributed by atoms with E-state index in [0.717, 1.165) is 19.3 Å². The number of halogens is 3. The maximum Gasteiger partial charge on any atom is 0.534 e. The van der Waals surface area contributed by atoms with Gasteiger partial charge in [-0.3, -0.25) is 0 Å². The summed E-state index contributed by atoms with van der Waals surface area (Å²) in [5, 5.41) is -0.199. The van der Waals surface area contributed by atoms with E-state index in [9.17, 15) is 21.6 Å². The van der Waals surface area contributed by atoms with E-state index < -0.39 is 59.9 Å². The summed E-state index contributed by atoms with van der Waals surface area (Å²) >= 11 is 0. The second kappa shape index (κ2) is 8.53. The number of fused-ring (bicyclic) bond motifs is 1. The third kappa shape index (κ3) is 5.20. The quantitative estimate of drug-likeness (QED) is 0.165. The Morgan fingerprint density at radius 3 is 2.22 bits per heavy atom. The monoisotopic (exact) mass is 502 g/mol. The molecule has 0 aromatic rings. The lowest BCUT2D eigenvalue weighted by atomic mass is 9.92. The van der Waals surface area contributed by atoms with Gasteiger partial charge in [0.05, 0.1) is 6.10 Å². The number of methoxy groups -OCH3 is 1. The zero-order chi connectivity index (χ0) is 24.2. The predicted molar refractivity (Wildman–Crippen MR) is 113 cm³/mol. The van der Waals surface area contributed by atoms with Crippen LogP contribution >= 0.6 is 0 Å². The number of hydrogen-bond acceptors (Lipinski definition) is 7. The molecule has 3 rings (SSSR count). The van der Waals surface area contributed by atoms with Crippen molar-refractivity contribution >= 4 is 18.4 Å². The van der Waals surface area contributed by atoms with E-state index in [-0.39, 0.29) is 5.04 Å². The molecule has 0 N–H and O–H groups in total. The predicted octanol–water partition coefficient (Wildman–Crippen LogP) is 4.60. The molecule has 1 heterocycles. The molecule has 0 spiro atoms. The molecule has 186 valence electrons. The Morgan fingerprint density at radius 2 is 1.72 bits per heavy atom. The SMILES string of the molecule is COC1(O[C@H]2[C@@H]3O[C@@H]3C(OS(=O)(=O)C(F)(F)F)=C[C@@H]2O[Si](C)(C)C(C)(C)C)CCCCC1. The topological polar surface area (TPSA) is 83.6 Å². The molecule has 0 aromatic carbocycles. The van der Waals surface area contributed by atoms with Crippen molar-refractivity contribution in [1.29, 1.82) is 0 Å². The summed E-state index contributed by atoms with van der Waals surface area (Å²) in [6.07, 6.45) is 2.44. The summed E-state index contributed by atoms with van der Waals surface area (Å²) < 4.78 is 90.5. The molecule has 4 atom stereocenters. The summed E-state index contributed by atoms with van der Waals surface area (Å²) in [7, 11) is -6.66. The van der Waals surface area contributed by atoms with Crippen molar-refractivity contribution in [3.05, 3.63) is 11.8 Å². The molecule has 0 bridgehead atoms. The van der Waals surface area contributed by atoms with Crippen LogP contribution in [0.4, 0.5) is 13.2 Å². The van der Waals surface area contributed by atoms with E-state index in [2.05, 4.69) is 4.18 Å². The Labute approximate surface area is 188 Å². The molecule has 1 aliphatic heterocycles. The second-order valence-electron chi connectivity index (χ2n) is 10.2. The lowest BCUT2D eigenvalue weighted by molar-refractivity contribution is -0.273. The van der Waals surface area contributed by atoms with Crippen LogP contribution in [0.1, 0.15) is 52.9 Å². The number of epoxide rings is 1. The van der Waals surface area contributed by atoms with Crippen LogP contribution in [0.2, 0.25) is 18.1 Å². The van der Waals surface area contributed by atoms with E-state index in [4.69, 9.17) is 18.6 Å².